The predicted molar refractivity (Wildman–Crippen MR) is 60.9 cm³/mol. The number of oxazole rings is 1. The van der Waals surface area contributed by atoms with E-state index in [2.05, 4.69) is 4.98 Å². The number of thioether (sulfide) groups is 1. The summed E-state index contributed by atoms with van der Waals surface area (Å²) in [6, 6.07) is 5.30. The monoisotopic (exact) mass is 252 g/mol. The Morgan fingerprint density at radius 3 is 3.12 bits per heavy atom. The topological polar surface area (TPSA) is 75.4 Å². The maximum absolute atomic E-state index is 10.3. The molecule has 17 heavy (non-hydrogen) atoms. The van der Waals surface area contributed by atoms with Gasteiger partial charge in [0.05, 0.1) is 12.6 Å². The highest BCUT2D eigenvalue weighted by molar-refractivity contribution is 7.99. The Balaban J connectivity index is 2.21. The third-order valence-electron chi connectivity index (χ3n) is 1.96. The second-order valence-electron chi connectivity index (χ2n) is 3.20. The van der Waals surface area contributed by atoms with Gasteiger partial charge in [-0.1, -0.05) is 11.8 Å². The lowest BCUT2D eigenvalue weighted by Crippen LogP contribution is -2.24. The van der Waals surface area contributed by atoms with Gasteiger partial charge in [0.15, 0.2) is 5.58 Å². The van der Waals surface area contributed by atoms with Crippen LogP contribution in [0.2, 0.25) is 0 Å². The van der Waals surface area contributed by atoms with Gasteiger partial charge < -0.3 is 19.1 Å². The van der Waals surface area contributed by atoms with Gasteiger partial charge in [-0.05, 0) is 19.1 Å². The van der Waals surface area contributed by atoms with Crippen LogP contribution in [0.3, 0.4) is 0 Å². The van der Waals surface area contributed by atoms with Gasteiger partial charge in [0.25, 0.3) is 5.22 Å². The Labute approximate surface area is 102 Å². The Bertz CT molecular complexity index is 537. The zero-order valence-corrected chi connectivity index (χ0v) is 9.95. The minimum absolute atomic E-state index is 0.175. The molecule has 0 N–H and O–H groups in total. The van der Waals surface area contributed by atoms with E-state index in [0.717, 1.165) is 11.8 Å². The lowest BCUT2D eigenvalue weighted by Gasteiger charge is -2.00. The molecule has 0 saturated carbocycles. The van der Waals surface area contributed by atoms with Crippen LogP contribution in [-0.4, -0.2) is 23.3 Å². The minimum Gasteiger partial charge on any atom is -0.549 e. The molecule has 0 spiro atoms. The van der Waals surface area contributed by atoms with E-state index in [-0.39, 0.29) is 5.75 Å². The molecule has 2 rings (SSSR count). The number of nitrogens with zero attached hydrogens (tertiary/aromatic N) is 1. The number of hydrogen-bond donors (Lipinski definition) is 0. The van der Waals surface area contributed by atoms with E-state index in [1.165, 1.54) is 0 Å². The molecule has 0 radical (unpaired) electrons. The van der Waals surface area contributed by atoms with E-state index >= 15 is 0 Å². The number of carbonyl (C=O) groups excluding carboxylic acids is 1. The highest BCUT2D eigenvalue weighted by atomic mass is 32.2. The van der Waals surface area contributed by atoms with Crippen LogP contribution in [-0.2, 0) is 4.79 Å². The zero-order chi connectivity index (χ0) is 12.3. The van der Waals surface area contributed by atoms with Crippen molar-refractivity contribution in [3.8, 4) is 5.75 Å². The fourth-order valence-electron chi connectivity index (χ4n) is 1.32. The van der Waals surface area contributed by atoms with Gasteiger partial charge in [0, 0.05) is 11.8 Å². The molecule has 0 fully saturated rings. The third-order valence-corrected chi connectivity index (χ3v) is 2.77. The Kier molecular flexibility index (Phi) is 3.53. The fraction of sp³-hybridized carbons (Fsp3) is 0.273. The van der Waals surface area contributed by atoms with Crippen molar-refractivity contribution in [3.63, 3.8) is 0 Å². The van der Waals surface area contributed by atoms with Crippen molar-refractivity contribution in [2.24, 2.45) is 0 Å². The summed E-state index contributed by atoms with van der Waals surface area (Å²) in [6.07, 6.45) is 0. The average molecular weight is 252 g/mol. The maximum atomic E-state index is 10.3. The summed E-state index contributed by atoms with van der Waals surface area (Å²) in [7, 11) is 0. The Hall–Kier alpha value is -1.69. The molecule has 1 aromatic heterocycles. The van der Waals surface area contributed by atoms with Crippen LogP contribution in [0.25, 0.3) is 11.1 Å². The normalized spacial score (nSPS) is 10.6. The number of aromatic nitrogens is 1. The number of fused-ring (bicyclic) bond motifs is 1. The largest absolute Gasteiger partial charge is 0.549 e. The molecule has 5 nitrogen and oxygen atoms in total. The van der Waals surface area contributed by atoms with Crippen molar-refractivity contribution in [2.45, 2.75) is 12.1 Å². The number of rotatable bonds is 5. The van der Waals surface area contributed by atoms with Crippen LogP contribution in [0.1, 0.15) is 6.92 Å². The quantitative estimate of drug-likeness (QED) is 0.741. The first-order valence-electron chi connectivity index (χ1n) is 5.05. The number of carbonyl (C=O) groups is 1. The summed E-state index contributed by atoms with van der Waals surface area (Å²) in [5, 5.41) is 10.6. The summed E-state index contributed by atoms with van der Waals surface area (Å²) in [5.74, 6) is -0.620. The maximum Gasteiger partial charge on any atom is 0.257 e. The van der Waals surface area contributed by atoms with Gasteiger partial charge >= 0.3 is 0 Å². The first-order valence-corrected chi connectivity index (χ1v) is 6.03. The summed E-state index contributed by atoms with van der Waals surface area (Å²) < 4.78 is 10.7. The van der Waals surface area contributed by atoms with Crippen molar-refractivity contribution in [1.29, 1.82) is 0 Å². The molecule has 0 saturated heterocycles. The molecule has 0 aliphatic heterocycles. The molecule has 90 valence electrons. The molecule has 2 aromatic rings. The number of hydrogen-bond acceptors (Lipinski definition) is 6. The van der Waals surface area contributed by atoms with E-state index in [0.29, 0.717) is 28.7 Å². The van der Waals surface area contributed by atoms with Crippen LogP contribution in [0, 0.1) is 0 Å². The number of ether oxygens (including phenoxy) is 1. The second kappa shape index (κ2) is 5.09. The van der Waals surface area contributed by atoms with Crippen LogP contribution < -0.4 is 9.84 Å². The number of benzene rings is 1. The van der Waals surface area contributed by atoms with E-state index in [1.807, 2.05) is 6.92 Å². The van der Waals surface area contributed by atoms with Gasteiger partial charge in [0.2, 0.25) is 0 Å². The highest BCUT2D eigenvalue weighted by Crippen LogP contribution is 2.26. The van der Waals surface area contributed by atoms with Gasteiger partial charge in [-0.3, -0.25) is 0 Å². The smallest absolute Gasteiger partial charge is 0.257 e. The molecule has 0 atom stereocenters. The van der Waals surface area contributed by atoms with Crippen molar-refractivity contribution in [2.75, 3.05) is 12.4 Å². The first-order chi connectivity index (χ1) is 8.19. The molecule has 1 heterocycles. The standard InChI is InChI=1S/C11H11NO4S/c1-2-15-7-3-4-8-9(5-7)16-11(12-8)17-6-10(13)14/h3-5H,2,6H2,1H3,(H,13,14)/p-1. The highest BCUT2D eigenvalue weighted by Gasteiger charge is 2.07. The Morgan fingerprint density at radius 1 is 1.59 bits per heavy atom. The molecular weight excluding hydrogens is 242 g/mol. The zero-order valence-electron chi connectivity index (χ0n) is 9.13. The van der Waals surface area contributed by atoms with Gasteiger partial charge in [-0.15, -0.1) is 0 Å². The molecule has 0 amide bonds. The fourth-order valence-corrected chi connectivity index (χ4v) is 1.88. The molecule has 0 unspecified atom stereocenters. The van der Waals surface area contributed by atoms with Gasteiger partial charge in [-0.25, -0.2) is 4.98 Å². The van der Waals surface area contributed by atoms with Crippen molar-refractivity contribution >= 4 is 28.8 Å². The molecule has 0 aliphatic rings. The van der Waals surface area contributed by atoms with E-state index in [4.69, 9.17) is 9.15 Å². The van der Waals surface area contributed by atoms with Crippen molar-refractivity contribution in [1.82, 2.24) is 4.98 Å². The molecule has 6 heteroatoms. The molecular formula is C11H10NO4S-. The molecule has 0 bridgehead atoms. The van der Waals surface area contributed by atoms with Crippen molar-refractivity contribution < 1.29 is 19.1 Å². The van der Waals surface area contributed by atoms with E-state index in [1.54, 1.807) is 18.2 Å². The summed E-state index contributed by atoms with van der Waals surface area (Å²) in [4.78, 5) is 14.4. The predicted octanol–water partition coefficient (Wildman–Crippen LogP) is 1.07. The lowest BCUT2D eigenvalue weighted by molar-refractivity contribution is -0.301. The third kappa shape index (κ3) is 2.91. The lowest BCUT2D eigenvalue weighted by atomic mass is 10.3. The summed E-state index contributed by atoms with van der Waals surface area (Å²) in [5.41, 5.74) is 1.26. The number of carboxylic acid groups (broad SMARTS) is 1. The van der Waals surface area contributed by atoms with Crippen LogP contribution in [0.15, 0.2) is 27.8 Å². The van der Waals surface area contributed by atoms with Crippen molar-refractivity contribution in [3.05, 3.63) is 18.2 Å². The Morgan fingerprint density at radius 2 is 2.41 bits per heavy atom. The van der Waals surface area contributed by atoms with Crippen LogP contribution in [0.5, 0.6) is 5.75 Å². The summed E-state index contributed by atoms with van der Waals surface area (Å²) in [6.45, 7) is 2.47. The van der Waals surface area contributed by atoms with Crippen LogP contribution in [0.4, 0.5) is 0 Å². The first kappa shape index (κ1) is 11.8. The average Bonchev–Trinajstić information content (AvgIpc) is 2.69. The SMILES string of the molecule is CCOc1ccc2nc(SCC(=O)[O-])oc2c1. The number of aliphatic carboxylic acids is 1. The van der Waals surface area contributed by atoms with Crippen LogP contribution >= 0.6 is 11.8 Å². The summed E-state index contributed by atoms with van der Waals surface area (Å²) >= 11 is 0.993. The van der Waals surface area contributed by atoms with Gasteiger partial charge in [-0.2, -0.15) is 0 Å². The molecule has 0 aliphatic carbocycles. The minimum atomic E-state index is -1.15. The number of carboxylic acids is 1. The molecule has 1 aromatic carbocycles. The van der Waals surface area contributed by atoms with E-state index in [9.17, 15) is 9.90 Å². The second-order valence-corrected chi connectivity index (χ2v) is 4.13. The van der Waals surface area contributed by atoms with Gasteiger partial charge in [0.1, 0.15) is 11.3 Å². The van der Waals surface area contributed by atoms with E-state index < -0.39 is 5.97 Å².